The van der Waals surface area contributed by atoms with Gasteiger partial charge >= 0.3 is 0 Å². The first-order valence-electron chi connectivity index (χ1n) is 6.12. The van der Waals surface area contributed by atoms with Gasteiger partial charge in [0.15, 0.2) is 0 Å². The van der Waals surface area contributed by atoms with Gasteiger partial charge in [-0.15, -0.1) is 0 Å². The molecule has 6 nitrogen and oxygen atoms in total. The van der Waals surface area contributed by atoms with Crippen molar-refractivity contribution < 1.29 is 13.2 Å². The van der Waals surface area contributed by atoms with Gasteiger partial charge in [-0.3, -0.25) is 0 Å². The van der Waals surface area contributed by atoms with E-state index in [0.717, 1.165) is 19.4 Å². The maximum Gasteiger partial charge on any atom is 0.238 e. The quantitative estimate of drug-likeness (QED) is 0.789. The molecule has 1 aromatic carbocycles. The number of piperidine rings is 1. The molecule has 1 atom stereocenters. The number of methoxy groups -OCH3 is 1. The molecular formula is C12H19N3O3S. The lowest BCUT2D eigenvalue weighted by atomic mass is 10.1. The highest BCUT2D eigenvalue weighted by molar-refractivity contribution is 7.89. The van der Waals surface area contributed by atoms with E-state index in [1.807, 2.05) is 4.90 Å². The fourth-order valence-electron chi connectivity index (χ4n) is 2.32. The van der Waals surface area contributed by atoms with E-state index in [1.54, 1.807) is 13.2 Å². The number of benzene rings is 1. The smallest absolute Gasteiger partial charge is 0.238 e. The predicted octanol–water partition coefficient (Wildman–Crippen LogP) is 0.531. The van der Waals surface area contributed by atoms with Crippen LogP contribution in [0, 0.1) is 0 Å². The van der Waals surface area contributed by atoms with Crippen LogP contribution in [0.2, 0.25) is 0 Å². The fraction of sp³-hybridized carbons (Fsp3) is 0.500. The van der Waals surface area contributed by atoms with Gasteiger partial charge in [0.1, 0.15) is 0 Å². The molecular weight excluding hydrogens is 266 g/mol. The largest absolute Gasteiger partial charge is 0.397 e. The molecule has 7 heteroatoms. The summed E-state index contributed by atoms with van der Waals surface area (Å²) in [5.41, 5.74) is 7.18. The van der Waals surface area contributed by atoms with E-state index in [4.69, 9.17) is 15.6 Å². The van der Waals surface area contributed by atoms with Crippen molar-refractivity contribution in [1.82, 2.24) is 0 Å². The molecule has 1 aromatic rings. The number of anilines is 2. The normalized spacial score (nSPS) is 20.5. The summed E-state index contributed by atoms with van der Waals surface area (Å²) in [7, 11) is -2.03. The molecule has 0 saturated carbocycles. The second-order valence-electron chi connectivity index (χ2n) is 4.71. The third-order valence-electron chi connectivity index (χ3n) is 3.38. The highest BCUT2D eigenvalue weighted by Gasteiger charge is 2.22. The second kappa shape index (κ2) is 5.36. The van der Waals surface area contributed by atoms with E-state index >= 15 is 0 Å². The number of nitrogens with zero attached hydrogens (tertiary/aromatic N) is 1. The maximum absolute atomic E-state index is 11.4. The minimum Gasteiger partial charge on any atom is -0.397 e. The van der Waals surface area contributed by atoms with E-state index in [1.165, 1.54) is 12.1 Å². The van der Waals surface area contributed by atoms with Gasteiger partial charge in [0.05, 0.1) is 22.4 Å². The Kier molecular flexibility index (Phi) is 3.98. The van der Waals surface area contributed by atoms with Crippen LogP contribution in [0.5, 0.6) is 0 Å². The van der Waals surface area contributed by atoms with Gasteiger partial charge in [-0.25, -0.2) is 13.6 Å². The lowest BCUT2D eigenvalue weighted by molar-refractivity contribution is 0.0894. The molecule has 0 amide bonds. The first-order valence-corrected chi connectivity index (χ1v) is 7.66. The summed E-state index contributed by atoms with van der Waals surface area (Å²) in [4.78, 5) is 2.12. The van der Waals surface area contributed by atoms with Crippen LogP contribution in [0.3, 0.4) is 0 Å². The van der Waals surface area contributed by atoms with Crippen LogP contribution in [0.1, 0.15) is 12.8 Å². The zero-order chi connectivity index (χ0) is 14.0. The standard InChI is InChI=1S/C12H19N3O3S/c1-18-9-3-2-6-15(8-9)12-7-10(19(14,16)17)4-5-11(12)13/h4-5,7,9H,2-3,6,8,13H2,1H3,(H2,14,16,17). The second-order valence-corrected chi connectivity index (χ2v) is 6.27. The van der Waals surface area contributed by atoms with Crippen molar-refractivity contribution in [3.63, 3.8) is 0 Å². The van der Waals surface area contributed by atoms with Crippen LogP contribution in [0.25, 0.3) is 0 Å². The summed E-state index contributed by atoms with van der Waals surface area (Å²) < 4.78 is 28.1. The third kappa shape index (κ3) is 3.17. The summed E-state index contributed by atoms with van der Waals surface area (Å²) in [6.07, 6.45) is 2.13. The van der Waals surface area contributed by atoms with Crippen LogP contribution in [-0.4, -0.2) is 34.7 Å². The highest BCUT2D eigenvalue weighted by Crippen LogP contribution is 2.29. The van der Waals surface area contributed by atoms with Crippen LogP contribution >= 0.6 is 0 Å². The molecule has 0 radical (unpaired) electrons. The van der Waals surface area contributed by atoms with Gasteiger partial charge in [0.2, 0.25) is 10.0 Å². The van der Waals surface area contributed by atoms with Crippen LogP contribution < -0.4 is 15.8 Å². The number of primary sulfonamides is 1. The fourth-order valence-corrected chi connectivity index (χ4v) is 2.86. The molecule has 0 bridgehead atoms. The number of nitrogen functional groups attached to an aromatic ring is 1. The molecule has 1 unspecified atom stereocenters. The average Bonchev–Trinajstić information content (AvgIpc) is 2.38. The van der Waals surface area contributed by atoms with Crippen LogP contribution in [-0.2, 0) is 14.8 Å². The zero-order valence-corrected chi connectivity index (χ0v) is 11.7. The van der Waals surface area contributed by atoms with Gasteiger partial charge < -0.3 is 15.4 Å². The Morgan fingerprint density at radius 3 is 2.79 bits per heavy atom. The molecule has 1 saturated heterocycles. The Morgan fingerprint density at radius 2 is 2.16 bits per heavy atom. The molecule has 0 spiro atoms. The van der Waals surface area contributed by atoms with E-state index in [-0.39, 0.29) is 11.0 Å². The average molecular weight is 285 g/mol. The molecule has 0 aromatic heterocycles. The molecule has 2 rings (SSSR count). The highest BCUT2D eigenvalue weighted by atomic mass is 32.2. The Labute approximate surface area is 113 Å². The van der Waals surface area contributed by atoms with Crippen molar-refractivity contribution >= 4 is 21.4 Å². The van der Waals surface area contributed by atoms with Crippen molar-refractivity contribution in [3.8, 4) is 0 Å². The Morgan fingerprint density at radius 1 is 1.42 bits per heavy atom. The Hall–Kier alpha value is -1.31. The maximum atomic E-state index is 11.4. The molecule has 1 fully saturated rings. The van der Waals surface area contributed by atoms with Crippen molar-refractivity contribution in [2.75, 3.05) is 30.8 Å². The lowest BCUT2D eigenvalue weighted by Gasteiger charge is -2.34. The Balaban J connectivity index is 2.33. The van der Waals surface area contributed by atoms with E-state index in [2.05, 4.69) is 0 Å². The number of sulfonamides is 1. The van der Waals surface area contributed by atoms with Crippen molar-refractivity contribution in [2.45, 2.75) is 23.8 Å². The molecule has 0 aliphatic carbocycles. The van der Waals surface area contributed by atoms with Crippen molar-refractivity contribution in [3.05, 3.63) is 18.2 Å². The van der Waals surface area contributed by atoms with Crippen molar-refractivity contribution in [2.24, 2.45) is 5.14 Å². The zero-order valence-electron chi connectivity index (χ0n) is 10.9. The summed E-state index contributed by atoms with van der Waals surface area (Å²) in [5.74, 6) is 0. The van der Waals surface area contributed by atoms with E-state index in [0.29, 0.717) is 17.9 Å². The molecule has 106 valence electrons. The van der Waals surface area contributed by atoms with Gasteiger partial charge in [-0.1, -0.05) is 0 Å². The topological polar surface area (TPSA) is 98.6 Å². The Bertz CT molecular complexity index is 559. The summed E-state index contributed by atoms with van der Waals surface area (Å²) >= 11 is 0. The minimum atomic E-state index is -3.71. The van der Waals surface area contributed by atoms with Crippen LogP contribution in [0.4, 0.5) is 11.4 Å². The number of rotatable bonds is 3. The molecule has 1 heterocycles. The summed E-state index contributed by atoms with van der Waals surface area (Å²) in [6.45, 7) is 1.53. The SMILES string of the molecule is COC1CCCN(c2cc(S(N)(=O)=O)ccc2N)C1. The van der Waals surface area contributed by atoms with Crippen LogP contribution in [0.15, 0.2) is 23.1 Å². The summed E-state index contributed by atoms with van der Waals surface area (Å²) in [6, 6.07) is 4.53. The van der Waals surface area contributed by atoms with Crippen molar-refractivity contribution in [1.29, 1.82) is 0 Å². The predicted molar refractivity (Wildman–Crippen MR) is 74.5 cm³/mol. The third-order valence-corrected chi connectivity index (χ3v) is 4.29. The number of hydrogen-bond donors (Lipinski definition) is 2. The monoisotopic (exact) mass is 285 g/mol. The molecule has 1 aliphatic rings. The molecule has 19 heavy (non-hydrogen) atoms. The van der Waals surface area contributed by atoms with Gasteiger partial charge in [-0.2, -0.15) is 0 Å². The number of hydrogen-bond acceptors (Lipinski definition) is 5. The van der Waals surface area contributed by atoms with E-state index in [9.17, 15) is 8.42 Å². The number of nitrogens with two attached hydrogens (primary N) is 2. The summed E-state index contributed by atoms with van der Waals surface area (Å²) in [5, 5.41) is 5.15. The van der Waals surface area contributed by atoms with Gasteiger partial charge in [0, 0.05) is 20.2 Å². The number of ether oxygens (including phenoxy) is 1. The lowest BCUT2D eigenvalue weighted by Crippen LogP contribution is -2.39. The first kappa shape index (κ1) is 14.1. The molecule has 4 N–H and O–H groups in total. The first-order chi connectivity index (χ1) is 8.91. The van der Waals surface area contributed by atoms with Gasteiger partial charge in [-0.05, 0) is 31.0 Å². The minimum absolute atomic E-state index is 0.0799. The van der Waals surface area contributed by atoms with Gasteiger partial charge in [0.25, 0.3) is 0 Å². The molecule has 1 aliphatic heterocycles. The van der Waals surface area contributed by atoms with E-state index < -0.39 is 10.0 Å².